The molecule has 0 fully saturated rings. The van der Waals surface area contributed by atoms with Crippen molar-refractivity contribution in [2.24, 2.45) is 5.10 Å². The Morgan fingerprint density at radius 3 is 2.32 bits per heavy atom. The van der Waals surface area contributed by atoms with Crippen LogP contribution in [-0.4, -0.2) is 32.0 Å². The van der Waals surface area contributed by atoms with Crippen molar-refractivity contribution in [3.63, 3.8) is 0 Å². The lowest BCUT2D eigenvalue weighted by molar-refractivity contribution is 0.0955. The number of carbonyl (C=O) groups excluding carboxylic acids is 1. The number of phenols is 3. The van der Waals surface area contributed by atoms with Crippen molar-refractivity contribution < 1.29 is 20.1 Å². The monoisotopic (exact) mass is 379 g/mol. The molecule has 1 aromatic heterocycles. The third-order valence-electron chi connectivity index (χ3n) is 4.51. The molecule has 7 nitrogen and oxygen atoms in total. The SMILES string of the molecule is Cc1ccc(C(=O)N/N=C/c2ccc(O)c(O)c2O)cc1-n1c(C)ccc1C. The van der Waals surface area contributed by atoms with Crippen LogP contribution in [0.5, 0.6) is 17.2 Å². The van der Waals surface area contributed by atoms with E-state index in [0.717, 1.165) is 22.6 Å². The number of aromatic nitrogens is 1. The van der Waals surface area contributed by atoms with Crippen LogP contribution in [0.2, 0.25) is 0 Å². The second-order valence-electron chi connectivity index (χ2n) is 6.52. The normalized spacial score (nSPS) is 11.1. The van der Waals surface area contributed by atoms with E-state index in [1.54, 1.807) is 12.1 Å². The highest BCUT2D eigenvalue weighted by molar-refractivity contribution is 5.96. The zero-order valence-electron chi connectivity index (χ0n) is 15.8. The van der Waals surface area contributed by atoms with Gasteiger partial charge in [0, 0.05) is 28.2 Å². The smallest absolute Gasteiger partial charge is 0.271 e. The van der Waals surface area contributed by atoms with E-state index >= 15 is 0 Å². The summed E-state index contributed by atoms with van der Waals surface area (Å²) in [7, 11) is 0. The zero-order chi connectivity index (χ0) is 20.4. The van der Waals surface area contributed by atoms with E-state index in [2.05, 4.69) is 15.1 Å². The Balaban J connectivity index is 1.82. The fourth-order valence-corrected chi connectivity index (χ4v) is 2.95. The first-order valence-electron chi connectivity index (χ1n) is 8.63. The molecular weight excluding hydrogens is 358 g/mol. The lowest BCUT2D eigenvalue weighted by atomic mass is 10.1. The molecule has 0 bridgehead atoms. The molecule has 3 aromatic rings. The van der Waals surface area contributed by atoms with Gasteiger partial charge in [-0.05, 0) is 62.7 Å². The van der Waals surface area contributed by atoms with E-state index in [1.165, 1.54) is 18.3 Å². The van der Waals surface area contributed by atoms with Gasteiger partial charge in [-0.15, -0.1) is 0 Å². The minimum absolute atomic E-state index is 0.152. The maximum atomic E-state index is 12.5. The first-order valence-corrected chi connectivity index (χ1v) is 8.63. The number of benzene rings is 2. The molecule has 0 spiro atoms. The lowest BCUT2D eigenvalue weighted by Crippen LogP contribution is -2.18. The van der Waals surface area contributed by atoms with Crippen LogP contribution in [0.1, 0.15) is 32.9 Å². The molecule has 28 heavy (non-hydrogen) atoms. The average Bonchev–Trinajstić information content (AvgIpc) is 3.00. The second-order valence-corrected chi connectivity index (χ2v) is 6.52. The number of aryl methyl sites for hydroxylation is 3. The van der Waals surface area contributed by atoms with Gasteiger partial charge >= 0.3 is 0 Å². The summed E-state index contributed by atoms with van der Waals surface area (Å²) < 4.78 is 2.08. The maximum absolute atomic E-state index is 12.5. The first-order chi connectivity index (χ1) is 13.3. The van der Waals surface area contributed by atoms with Gasteiger partial charge in [0.25, 0.3) is 5.91 Å². The van der Waals surface area contributed by atoms with E-state index in [-0.39, 0.29) is 5.56 Å². The zero-order valence-corrected chi connectivity index (χ0v) is 15.8. The van der Waals surface area contributed by atoms with E-state index in [9.17, 15) is 20.1 Å². The molecule has 0 aliphatic rings. The van der Waals surface area contributed by atoms with E-state index in [4.69, 9.17) is 0 Å². The predicted octanol–water partition coefficient (Wildman–Crippen LogP) is 3.28. The Morgan fingerprint density at radius 2 is 1.64 bits per heavy atom. The van der Waals surface area contributed by atoms with Gasteiger partial charge < -0.3 is 19.9 Å². The van der Waals surface area contributed by atoms with Crippen molar-refractivity contribution in [3.05, 3.63) is 70.5 Å². The molecule has 0 aliphatic carbocycles. The molecule has 0 unspecified atom stereocenters. The topological polar surface area (TPSA) is 107 Å². The van der Waals surface area contributed by atoms with E-state index < -0.39 is 23.2 Å². The molecule has 0 aliphatic heterocycles. The summed E-state index contributed by atoms with van der Waals surface area (Å²) >= 11 is 0. The van der Waals surface area contributed by atoms with Crippen molar-refractivity contribution in [1.82, 2.24) is 9.99 Å². The summed E-state index contributed by atoms with van der Waals surface area (Å²) in [5.41, 5.74) is 7.07. The molecule has 0 saturated heterocycles. The molecule has 1 amide bonds. The molecule has 3 rings (SSSR count). The van der Waals surface area contributed by atoms with Gasteiger partial charge in [-0.2, -0.15) is 5.10 Å². The van der Waals surface area contributed by atoms with Gasteiger partial charge in [-0.25, -0.2) is 5.43 Å². The van der Waals surface area contributed by atoms with Crippen LogP contribution in [0.25, 0.3) is 5.69 Å². The highest BCUT2D eigenvalue weighted by atomic mass is 16.3. The van der Waals surface area contributed by atoms with Gasteiger partial charge in [0.05, 0.1) is 6.21 Å². The van der Waals surface area contributed by atoms with E-state index in [1.807, 2.05) is 39.0 Å². The van der Waals surface area contributed by atoms with Crippen molar-refractivity contribution in [3.8, 4) is 22.9 Å². The van der Waals surface area contributed by atoms with Gasteiger partial charge in [-0.3, -0.25) is 4.79 Å². The quantitative estimate of drug-likeness (QED) is 0.317. The number of hydrogen-bond donors (Lipinski definition) is 4. The third kappa shape index (κ3) is 3.55. The number of hydrazone groups is 1. The predicted molar refractivity (Wildman–Crippen MR) is 106 cm³/mol. The number of aromatic hydroxyl groups is 3. The van der Waals surface area contributed by atoms with Crippen LogP contribution in [0.15, 0.2) is 47.6 Å². The van der Waals surface area contributed by atoms with Gasteiger partial charge in [0.2, 0.25) is 5.75 Å². The minimum Gasteiger partial charge on any atom is -0.504 e. The Hall–Kier alpha value is -3.74. The Kier molecular flexibility index (Phi) is 5.08. The van der Waals surface area contributed by atoms with Crippen LogP contribution in [0, 0.1) is 20.8 Å². The standard InChI is InChI=1S/C21H21N3O4/c1-12-4-7-15(10-17(12)24-13(2)5-6-14(24)3)21(28)23-22-11-16-8-9-18(25)20(27)19(16)26/h4-11,25-27H,1-3H3,(H,23,28)/b22-11+. The van der Waals surface area contributed by atoms with Crippen molar-refractivity contribution in [2.45, 2.75) is 20.8 Å². The largest absolute Gasteiger partial charge is 0.504 e. The van der Waals surface area contributed by atoms with Crippen LogP contribution in [-0.2, 0) is 0 Å². The lowest BCUT2D eigenvalue weighted by Gasteiger charge is -2.14. The van der Waals surface area contributed by atoms with Crippen LogP contribution in [0.3, 0.4) is 0 Å². The molecular formula is C21H21N3O4. The van der Waals surface area contributed by atoms with Crippen LogP contribution >= 0.6 is 0 Å². The van der Waals surface area contributed by atoms with Crippen LogP contribution < -0.4 is 5.43 Å². The Morgan fingerprint density at radius 1 is 0.964 bits per heavy atom. The number of hydrogen-bond acceptors (Lipinski definition) is 5. The Labute approximate surface area is 162 Å². The van der Waals surface area contributed by atoms with Gasteiger partial charge in [0.15, 0.2) is 11.5 Å². The fraction of sp³-hybridized carbons (Fsp3) is 0.143. The third-order valence-corrected chi connectivity index (χ3v) is 4.51. The molecule has 4 N–H and O–H groups in total. The number of amides is 1. The van der Waals surface area contributed by atoms with E-state index in [0.29, 0.717) is 5.56 Å². The summed E-state index contributed by atoms with van der Waals surface area (Å²) in [6.07, 6.45) is 1.18. The molecule has 2 aromatic carbocycles. The number of nitrogens with one attached hydrogen (secondary N) is 1. The van der Waals surface area contributed by atoms with Crippen LogP contribution in [0.4, 0.5) is 0 Å². The molecule has 144 valence electrons. The number of nitrogens with zero attached hydrogens (tertiary/aromatic N) is 2. The molecule has 7 heteroatoms. The summed E-state index contributed by atoms with van der Waals surface area (Å²) in [6, 6.07) is 12.0. The Bertz CT molecular complexity index is 1060. The summed E-state index contributed by atoms with van der Waals surface area (Å²) in [6.45, 7) is 5.99. The highest BCUT2D eigenvalue weighted by Crippen LogP contribution is 2.36. The highest BCUT2D eigenvalue weighted by Gasteiger charge is 2.12. The molecule has 0 atom stereocenters. The van der Waals surface area contributed by atoms with Gasteiger partial charge in [0.1, 0.15) is 0 Å². The fourth-order valence-electron chi connectivity index (χ4n) is 2.95. The maximum Gasteiger partial charge on any atom is 0.271 e. The molecule has 0 saturated carbocycles. The summed E-state index contributed by atoms with van der Waals surface area (Å²) in [4.78, 5) is 12.5. The number of phenolic OH excluding ortho intramolecular Hbond substituents is 3. The van der Waals surface area contributed by atoms with Crippen molar-refractivity contribution in [1.29, 1.82) is 0 Å². The molecule has 1 heterocycles. The molecule has 0 radical (unpaired) electrons. The van der Waals surface area contributed by atoms with Crippen molar-refractivity contribution in [2.75, 3.05) is 0 Å². The van der Waals surface area contributed by atoms with Crippen molar-refractivity contribution >= 4 is 12.1 Å². The number of rotatable bonds is 4. The first kappa shape index (κ1) is 19.0. The summed E-state index contributed by atoms with van der Waals surface area (Å²) in [5.74, 6) is -2.02. The second kappa shape index (κ2) is 7.48. The summed E-state index contributed by atoms with van der Waals surface area (Å²) in [5, 5.41) is 32.4. The average molecular weight is 379 g/mol. The van der Waals surface area contributed by atoms with Gasteiger partial charge in [-0.1, -0.05) is 6.07 Å². The minimum atomic E-state index is -0.643. The number of carbonyl (C=O) groups is 1.